The van der Waals surface area contributed by atoms with Crippen LogP contribution in [0.3, 0.4) is 0 Å². The van der Waals surface area contributed by atoms with Crippen molar-refractivity contribution in [1.82, 2.24) is 0 Å². The van der Waals surface area contributed by atoms with E-state index in [2.05, 4.69) is 17.4 Å². The number of nitrogens with one attached hydrogen (secondary N) is 1. The van der Waals surface area contributed by atoms with E-state index in [1.54, 1.807) is 6.07 Å². The lowest BCUT2D eigenvalue weighted by atomic mass is 9.86. The summed E-state index contributed by atoms with van der Waals surface area (Å²) >= 11 is 0. The Bertz CT molecular complexity index is 471. The second-order valence-corrected chi connectivity index (χ2v) is 6.13. The Balaban J connectivity index is 1.88. The molecule has 1 saturated carbocycles. The maximum atomic E-state index is 11.0. The Kier molecular flexibility index (Phi) is 6.65. The number of unbranched alkanes of at least 4 members (excludes halogenated alkanes) is 1. The molecule has 1 fully saturated rings. The van der Waals surface area contributed by atoms with Gasteiger partial charge in [-0.15, -0.1) is 4.91 Å². The number of anilines is 1. The summed E-state index contributed by atoms with van der Waals surface area (Å²) in [6, 6.07) is 5.85. The first-order valence-electron chi connectivity index (χ1n) is 8.32. The molecule has 122 valence electrons. The summed E-state index contributed by atoms with van der Waals surface area (Å²) < 4.78 is 5.61. The maximum absolute atomic E-state index is 11.0. The largest absolute Gasteiger partial charge is 0.494 e. The van der Waals surface area contributed by atoms with E-state index in [1.807, 2.05) is 12.1 Å². The minimum Gasteiger partial charge on any atom is -0.494 e. The molecule has 0 spiro atoms. The van der Waals surface area contributed by atoms with Crippen LogP contribution in [0.25, 0.3) is 0 Å². The molecule has 0 atom stereocenters. The Morgan fingerprint density at radius 2 is 2.09 bits per heavy atom. The maximum Gasteiger partial charge on any atom is 0.134 e. The number of ether oxygens (including phenoxy) is 1. The van der Waals surface area contributed by atoms with Crippen molar-refractivity contribution in [2.45, 2.75) is 51.5 Å². The van der Waals surface area contributed by atoms with Gasteiger partial charge in [-0.1, -0.05) is 13.3 Å². The van der Waals surface area contributed by atoms with E-state index in [-0.39, 0.29) is 0 Å². The van der Waals surface area contributed by atoms with Gasteiger partial charge in [0.15, 0.2) is 0 Å². The molecule has 0 saturated heterocycles. The molecular weight excluding hydrogens is 278 g/mol. The average molecular weight is 305 g/mol. The minimum atomic E-state index is 0.364. The van der Waals surface area contributed by atoms with Crippen molar-refractivity contribution >= 4 is 11.4 Å². The van der Waals surface area contributed by atoms with Crippen molar-refractivity contribution in [2.75, 3.05) is 18.5 Å². The lowest BCUT2D eigenvalue weighted by molar-refractivity contribution is 0.309. The lowest BCUT2D eigenvalue weighted by Crippen LogP contribution is -2.29. The van der Waals surface area contributed by atoms with Crippen LogP contribution in [0.4, 0.5) is 11.4 Å². The molecule has 5 nitrogen and oxygen atoms in total. The second kappa shape index (κ2) is 8.73. The van der Waals surface area contributed by atoms with E-state index in [0.29, 0.717) is 30.0 Å². The number of nitrogens with two attached hydrogens (primary N) is 1. The summed E-state index contributed by atoms with van der Waals surface area (Å²) in [5.74, 6) is 1.33. The van der Waals surface area contributed by atoms with E-state index in [9.17, 15) is 4.91 Å². The van der Waals surface area contributed by atoms with Crippen molar-refractivity contribution < 1.29 is 4.74 Å². The van der Waals surface area contributed by atoms with Crippen molar-refractivity contribution in [3.8, 4) is 5.75 Å². The number of hydrogen-bond donors (Lipinski definition) is 2. The van der Waals surface area contributed by atoms with Crippen LogP contribution >= 0.6 is 0 Å². The molecule has 0 heterocycles. The van der Waals surface area contributed by atoms with Crippen LogP contribution in [-0.2, 0) is 0 Å². The minimum absolute atomic E-state index is 0.364. The van der Waals surface area contributed by atoms with E-state index < -0.39 is 0 Å². The molecule has 0 bridgehead atoms. The van der Waals surface area contributed by atoms with Gasteiger partial charge in [-0.3, -0.25) is 0 Å². The molecule has 2 rings (SSSR count). The van der Waals surface area contributed by atoms with Crippen LogP contribution in [0.1, 0.15) is 45.4 Å². The zero-order valence-corrected chi connectivity index (χ0v) is 13.4. The van der Waals surface area contributed by atoms with Crippen LogP contribution in [0, 0.1) is 10.8 Å². The van der Waals surface area contributed by atoms with Gasteiger partial charge in [0.1, 0.15) is 11.4 Å². The second-order valence-electron chi connectivity index (χ2n) is 6.13. The highest BCUT2D eigenvalue weighted by Crippen LogP contribution is 2.31. The van der Waals surface area contributed by atoms with Gasteiger partial charge in [0.25, 0.3) is 0 Å². The van der Waals surface area contributed by atoms with Gasteiger partial charge in [-0.05, 0) is 55.3 Å². The first-order chi connectivity index (χ1) is 10.7. The Hall–Kier alpha value is -1.62. The molecule has 0 unspecified atom stereocenters. The van der Waals surface area contributed by atoms with Gasteiger partial charge in [-0.25, -0.2) is 0 Å². The third-order valence-corrected chi connectivity index (χ3v) is 4.31. The summed E-state index contributed by atoms with van der Waals surface area (Å²) in [4.78, 5) is 11.0. The highest BCUT2D eigenvalue weighted by Gasteiger charge is 2.18. The smallest absolute Gasteiger partial charge is 0.134 e. The van der Waals surface area contributed by atoms with Crippen LogP contribution < -0.4 is 15.8 Å². The predicted octanol–water partition coefficient (Wildman–Crippen LogP) is 4.19. The molecule has 22 heavy (non-hydrogen) atoms. The third-order valence-electron chi connectivity index (χ3n) is 4.31. The average Bonchev–Trinajstić information content (AvgIpc) is 2.55. The summed E-state index contributed by atoms with van der Waals surface area (Å²) in [6.07, 6.45) is 6.58. The fourth-order valence-electron chi connectivity index (χ4n) is 2.81. The molecule has 0 radical (unpaired) electrons. The Morgan fingerprint density at radius 3 is 2.77 bits per heavy atom. The summed E-state index contributed by atoms with van der Waals surface area (Å²) in [5.41, 5.74) is 7.13. The Labute approximate surface area is 132 Å². The fraction of sp³-hybridized carbons (Fsp3) is 0.647. The Morgan fingerprint density at radius 1 is 1.32 bits per heavy atom. The highest BCUT2D eigenvalue weighted by atomic mass is 16.5. The molecule has 1 aromatic rings. The number of nitroso groups, excluding NO2 is 1. The molecule has 1 aliphatic rings. The molecular formula is C17H27N3O2. The standard InChI is InChI=1S/C17H27N3O2/c1-2-3-10-22-15-8-9-16(17(11-15)20-21)19-12-13-4-6-14(18)7-5-13/h8-9,11,13-14,19H,2-7,10,12,18H2,1H3. The molecule has 0 amide bonds. The summed E-state index contributed by atoms with van der Waals surface area (Å²) in [7, 11) is 0. The van der Waals surface area contributed by atoms with Crippen molar-refractivity contribution in [1.29, 1.82) is 0 Å². The number of benzene rings is 1. The van der Waals surface area contributed by atoms with Gasteiger partial charge in [0.2, 0.25) is 0 Å². The SMILES string of the molecule is CCCCOc1ccc(NCC2CCC(N)CC2)c(N=O)c1. The van der Waals surface area contributed by atoms with E-state index >= 15 is 0 Å². The number of hydrogen-bond acceptors (Lipinski definition) is 5. The normalized spacial score (nSPS) is 21.4. The topological polar surface area (TPSA) is 76.7 Å². The van der Waals surface area contributed by atoms with Crippen LogP contribution in [0.2, 0.25) is 0 Å². The van der Waals surface area contributed by atoms with Gasteiger partial charge in [-0.2, -0.15) is 0 Å². The van der Waals surface area contributed by atoms with E-state index in [0.717, 1.165) is 50.8 Å². The van der Waals surface area contributed by atoms with Crippen LogP contribution in [0.15, 0.2) is 23.4 Å². The quantitative estimate of drug-likeness (QED) is 0.557. The van der Waals surface area contributed by atoms with Crippen molar-refractivity contribution in [2.24, 2.45) is 16.8 Å². The molecule has 3 N–H and O–H groups in total. The van der Waals surface area contributed by atoms with Gasteiger partial charge in [0.05, 0.1) is 12.3 Å². The fourth-order valence-corrected chi connectivity index (χ4v) is 2.81. The van der Waals surface area contributed by atoms with Gasteiger partial charge in [0, 0.05) is 18.7 Å². The van der Waals surface area contributed by atoms with Crippen LogP contribution in [0.5, 0.6) is 5.75 Å². The molecule has 1 aliphatic carbocycles. The zero-order chi connectivity index (χ0) is 15.8. The van der Waals surface area contributed by atoms with Gasteiger partial charge < -0.3 is 15.8 Å². The number of nitrogens with zero attached hydrogens (tertiary/aromatic N) is 1. The zero-order valence-electron chi connectivity index (χ0n) is 13.4. The number of rotatable bonds is 8. The lowest BCUT2D eigenvalue weighted by Gasteiger charge is -2.26. The van der Waals surface area contributed by atoms with Crippen molar-refractivity contribution in [3.05, 3.63) is 23.1 Å². The van der Waals surface area contributed by atoms with Crippen LogP contribution in [-0.4, -0.2) is 19.2 Å². The van der Waals surface area contributed by atoms with Gasteiger partial charge >= 0.3 is 0 Å². The first kappa shape index (κ1) is 16.7. The third kappa shape index (κ3) is 4.98. The van der Waals surface area contributed by atoms with E-state index in [4.69, 9.17) is 10.5 Å². The molecule has 0 aliphatic heterocycles. The molecule has 1 aromatic carbocycles. The molecule has 0 aromatic heterocycles. The predicted molar refractivity (Wildman–Crippen MR) is 90.7 cm³/mol. The molecule has 5 heteroatoms. The van der Waals surface area contributed by atoms with E-state index in [1.165, 1.54) is 0 Å². The summed E-state index contributed by atoms with van der Waals surface area (Å²) in [6.45, 7) is 3.65. The monoisotopic (exact) mass is 305 g/mol. The first-order valence-corrected chi connectivity index (χ1v) is 8.32. The highest BCUT2D eigenvalue weighted by molar-refractivity contribution is 5.67. The van der Waals surface area contributed by atoms with Crippen molar-refractivity contribution in [3.63, 3.8) is 0 Å². The summed E-state index contributed by atoms with van der Waals surface area (Å²) in [5, 5.41) is 6.48.